The molecular formula is C13H10N2O. The molecule has 3 rings (SSSR count). The highest BCUT2D eigenvalue weighted by Gasteiger charge is 2.06. The van der Waals surface area contributed by atoms with Crippen LogP contribution in [0, 0.1) is 0 Å². The van der Waals surface area contributed by atoms with Crippen LogP contribution in [-0.2, 0) is 0 Å². The van der Waals surface area contributed by atoms with E-state index in [1.54, 1.807) is 18.3 Å². The van der Waals surface area contributed by atoms with Crippen LogP contribution in [0.5, 0.6) is 5.75 Å². The van der Waals surface area contributed by atoms with Crippen LogP contribution < -0.4 is 5.73 Å². The summed E-state index contributed by atoms with van der Waals surface area (Å²) < 4.78 is 0. The Bertz CT molecular complexity index is 692. The van der Waals surface area contributed by atoms with E-state index >= 15 is 0 Å². The molecule has 0 amide bonds. The van der Waals surface area contributed by atoms with Crippen LogP contribution in [0.4, 0.5) is 5.69 Å². The minimum Gasteiger partial charge on any atom is -0.507 e. The highest BCUT2D eigenvalue weighted by Crippen LogP contribution is 2.32. The predicted octanol–water partition coefficient (Wildman–Crippen LogP) is 2.68. The average molecular weight is 210 g/mol. The van der Waals surface area contributed by atoms with Crippen molar-refractivity contribution in [3.05, 3.63) is 42.6 Å². The fourth-order valence-electron chi connectivity index (χ4n) is 1.97. The molecule has 78 valence electrons. The molecule has 3 nitrogen and oxygen atoms in total. The number of hydrogen-bond donors (Lipinski definition) is 2. The highest BCUT2D eigenvalue weighted by atomic mass is 16.3. The molecule has 0 aliphatic heterocycles. The number of rotatable bonds is 0. The second kappa shape index (κ2) is 3.10. The maximum atomic E-state index is 9.89. The number of nitrogens with zero attached hydrogens (tertiary/aromatic N) is 1. The Labute approximate surface area is 92.1 Å². The van der Waals surface area contributed by atoms with Gasteiger partial charge in [-0.15, -0.1) is 0 Å². The van der Waals surface area contributed by atoms with Crippen molar-refractivity contribution in [1.82, 2.24) is 4.98 Å². The fraction of sp³-hybridized carbons (Fsp3) is 0. The van der Waals surface area contributed by atoms with Gasteiger partial charge in [-0.25, -0.2) is 0 Å². The normalized spacial score (nSPS) is 11.0. The molecular weight excluding hydrogens is 200 g/mol. The lowest BCUT2D eigenvalue weighted by molar-refractivity contribution is 0.482. The molecule has 3 N–H and O–H groups in total. The van der Waals surface area contributed by atoms with E-state index in [0.29, 0.717) is 5.69 Å². The summed E-state index contributed by atoms with van der Waals surface area (Å²) in [6, 6.07) is 10.9. The Morgan fingerprint density at radius 3 is 2.81 bits per heavy atom. The minimum absolute atomic E-state index is 0.260. The lowest BCUT2D eigenvalue weighted by Gasteiger charge is -2.06. The Hall–Kier alpha value is -2.29. The lowest BCUT2D eigenvalue weighted by atomic mass is 10.0. The zero-order valence-electron chi connectivity index (χ0n) is 8.51. The average Bonchev–Trinajstić information content (AvgIpc) is 2.29. The summed E-state index contributed by atoms with van der Waals surface area (Å²) in [6.45, 7) is 0. The van der Waals surface area contributed by atoms with Crippen molar-refractivity contribution >= 4 is 27.4 Å². The summed E-state index contributed by atoms with van der Waals surface area (Å²) in [5.74, 6) is 0.260. The number of hydrogen-bond acceptors (Lipinski definition) is 3. The molecule has 0 spiro atoms. The van der Waals surface area contributed by atoms with Gasteiger partial charge in [-0.3, -0.25) is 4.98 Å². The molecule has 0 saturated heterocycles. The molecule has 0 fully saturated rings. The van der Waals surface area contributed by atoms with Gasteiger partial charge in [0.15, 0.2) is 0 Å². The SMILES string of the molecule is Nc1ccc2c(O)cc3cccnc3c2c1. The van der Waals surface area contributed by atoms with Crippen LogP contribution in [-0.4, -0.2) is 10.1 Å². The van der Waals surface area contributed by atoms with Crippen molar-refractivity contribution in [2.75, 3.05) is 5.73 Å². The van der Waals surface area contributed by atoms with E-state index in [4.69, 9.17) is 5.73 Å². The molecule has 2 aromatic carbocycles. The van der Waals surface area contributed by atoms with E-state index in [1.165, 1.54) is 0 Å². The van der Waals surface area contributed by atoms with E-state index in [1.807, 2.05) is 24.3 Å². The molecule has 1 heterocycles. The number of benzene rings is 2. The molecule has 0 saturated carbocycles. The molecule has 0 unspecified atom stereocenters. The van der Waals surface area contributed by atoms with Crippen molar-refractivity contribution in [3.63, 3.8) is 0 Å². The topological polar surface area (TPSA) is 59.1 Å². The Kier molecular flexibility index (Phi) is 1.74. The zero-order chi connectivity index (χ0) is 11.1. The number of phenols is 1. The van der Waals surface area contributed by atoms with E-state index < -0.39 is 0 Å². The standard InChI is InChI=1S/C13H10N2O/c14-9-3-4-10-11(7-9)13-8(6-12(10)16)2-1-5-15-13/h1-7,16H,14H2. The summed E-state index contributed by atoms with van der Waals surface area (Å²) in [5, 5.41) is 12.5. The summed E-state index contributed by atoms with van der Waals surface area (Å²) in [7, 11) is 0. The van der Waals surface area contributed by atoms with Crippen LogP contribution in [0.3, 0.4) is 0 Å². The number of nitrogens with two attached hydrogens (primary N) is 1. The van der Waals surface area contributed by atoms with Gasteiger partial charge in [0.2, 0.25) is 0 Å². The number of pyridine rings is 1. The van der Waals surface area contributed by atoms with Crippen molar-refractivity contribution in [2.24, 2.45) is 0 Å². The minimum atomic E-state index is 0.260. The fourth-order valence-corrected chi connectivity index (χ4v) is 1.97. The van der Waals surface area contributed by atoms with Crippen LogP contribution >= 0.6 is 0 Å². The van der Waals surface area contributed by atoms with Gasteiger partial charge in [-0.1, -0.05) is 6.07 Å². The summed E-state index contributed by atoms with van der Waals surface area (Å²) in [4.78, 5) is 4.32. The number of aromatic nitrogens is 1. The van der Waals surface area contributed by atoms with E-state index in [0.717, 1.165) is 21.7 Å². The smallest absolute Gasteiger partial charge is 0.124 e. The van der Waals surface area contributed by atoms with Gasteiger partial charge in [-0.05, 0) is 30.3 Å². The first-order valence-electron chi connectivity index (χ1n) is 5.01. The van der Waals surface area contributed by atoms with E-state index in [9.17, 15) is 5.11 Å². The van der Waals surface area contributed by atoms with Gasteiger partial charge in [-0.2, -0.15) is 0 Å². The second-order valence-electron chi connectivity index (χ2n) is 3.78. The quantitative estimate of drug-likeness (QED) is 0.443. The van der Waals surface area contributed by atoms with E-state index in [-0.39, 0.29) is 5.75 Å². The van der Waals surface area contributed by atoms with Crippen LogP contribution in [0.1, 0.15) is 0 Å². The first kappa shape index (κ1) is 8.97. The maximum absolute atomic E-state index is 9.89. The number of fused-ring (bicyclic) bond motifs is 3. The monoisotopic (exact) mass is 210 g/mol. The molecule has 3 aromatic rings. The Balaban J connectivity index is 2.61. The van der Waals surface area contributed by atoms with Crippen LogP contribution in [0.25, 0.3) is 21.7 Å². The van der Waals surface area contributed by atoms with Gasteiger partial charge < -0.3 is 10.8 Å². The highest BCUT2D eigenvalue weighted by molar-refractivity contribution is 6.08. The molecule has 1 aromatic heterocycles. The second-order valence-corrected chi connectivity index (χ2v) is 3.78. The Morgan fingerprint density at radius 2 is 1.94 bits per heavy atom. The van der Waals surface area contributed by atoms with Crippen molar-refractivity contribution in [2.45, 2.75) is 0 Å². The van der Waals surface area contributed by atoms with Gasteiger partial charge >= 0.3 is 0 Å². The maximum Gasteiger partial charge on any atom is 0.124 e. The number of anilines is 1. The summed E-state index contributed by atoms with van der Waals surface area (Å²) >= 11 is 0. The van der Waals surface area contributed by atoms with Crippen LogP contribution in [0.15, 0.2) is 42.6 Å². The molecule has 0 aliphatic rings. The molecule has 0 bridgehead atoms. The van der Waals surface area contributed by atoms with Gasteiger partial charge in [0.1, 0.15) is 5.75 Å². The van der Waals surface area contributed by atoms with Crippen LogP contribution in [0.2, 0.25) is 0 Å². The van der Waals surface area contributed by atoms with Crippen molar-refractivity contribution < 1.29 is 5.11 Å². The summed E-state index contributed by atoms with van der Waals surface area (Å²) in [6.07, 6.45) is 1.74. The summed E-state index contributed by atoms with van der Waals surface area (Å²) in [5.41, 5.74) is 7.29. The third-order valence-electron chi connectivity index (χ3n) is 2.71. The van der Waals surface area contributed by atoms with Gasteiger partial charge in [0.05, 0.1) is 5.52 Å². The van der Waals surface area contributed by atoms with E-state index in [2.05, 4.69) is 4.98 Å². The third kappa shape index (κ3) is 1.18. The number of aromatic hydroxyl groups is 1. The zero-order valence-corrected chi connectivity index (χ0v) is 8.51. The molecule has 0 radical (unpaired) electrons. The lowest BCUT2D eigenvalue weighted by Crippen LogP contribution is -1.86. The largest absolute Gasteiger partial charge is 0.507 e. The van der Waals surface area contributed by atoms with Crippen molar-refractivity contribution in [3.8, 4) is 5.75 Å². The molecule has 16 heavy (non-hydrogen) atoms. The number of phenolic OH excluding ortho intramolecular Hbond substituents is 1. The predicted molar refractivity (Wildman–Crippen MR) is 65.3 cm³/mol. The number of nitrogen functional groups attached to an aromatic ring is 1. The third-order valence-corrected chi connectivity index (χ3v) is 2.71. The first-order chi connectivity index (χ1) is 7.75. The van der Waals surface area contributed by atoms with Gasteiger partial charge in [0.25, 0.3) is 0 Å². The van der Waals surface area contributed by atoms with Crippen molar-refractivity contribution in [1.29, 1.82) is 0 Å². The molecule has 0 atom stereocenters. The molecule has 3 heteroatoms. The van der Waals surface area contributed by atoms with Gasteiger partial charge in [0, 0.05) is 28.0 Å². The molecule has 0 aliphatic carbocycles. The Morgan fingerprint density at radius 1 is 1.06 bits per heavy atom. The first-order valence-corrected chi connectivity index (χ1v) is 5.01.